The number of piperidine rings is 1. The van der Waals surface area contributed by atoms with Crippen LogP contribution in [0.5, 0.6) is 5.75 Å². The molecule has 1 atom stereocenters. The van der Waals surface area contributed by atoms with Gasteiger partial charge in [-0.25, -0.2) is 14.8 Å². The normalized spacial score (nSPS) is 20.5. The number of nitrogens with one attached hydrogen (secondary N) is 1. The molecule has 0 spiro atoms. The van der Waals surface area contributed by atoms with E-state index >= 15 is 0 Å². The molecule has 0 aliphatic carbocycles. The molecule has 232 valence electrons. The summed E-state index contributed by atoms with van der Waals surface area (Å²) in [4.78, 5) is 20.7. The van der Waals surface area contributed by atoms with Gasteiger partial charge in [-0.3, -0.25) is 4.90 Å². The molecule has 0 saturated carbocycles. The smallest absolute Gasteiger partial charge is 0.225 e. The van der Waals surface area contributed by atoms with E-state index in [4.69, 9.17) is 27.9 Å². The van der Waals surface area contributed by atoms with Gasteiger partial charge in [-0.2, -0.15) is 0 Å². The average Bonchev–Trinajstić information content (AvgIpc) is 3.52. The zero-order chi connectivity index (χ0) is 30.5. The van der Waals surface area contributed by atoms with Crippen molar-refractivity contribution >= 4 is 23.2 Å². The van der Waals surface area contributed by atoms with Gasteiger partial charge >= 0.3 is 0 Å². The maximum atomic E-state index is 7.38. The van der Waals surface area contributed by atoms with Crippen LogP contribution in [-0.2, 0) is 12.0 Å². The van der Waals surface area contributed by atoms with Crippen LogP contribution in [0, 0.1) is 12.5 Å². The predicted octanol–water partition coefficient (Wildman–Crippen LogP) is 5.78. The van der Waals surface area contributed by atoms with Crippen LogP contribution in [0.25, 0.3) is 4.85 Å². The predicted molar refractivity (Wildman–Crippen MR) is 177 cm³/mol. The van der Waals surface area contributed by atoms with Crippen LogP contribution in [0.1, 0.15) is 49.9 Å². The minimum absolute atomic E-state index is 0.307. The lowest BCUT2D eigenvalue weighted by Gasteiger charge is -2.38. The van der Waals surface area contributed by atoms with Gasteiger partial charge in [0.1, 0.15) is 12.4 Å². The minimum Gasteiger partial charge on any atom is -0.487 e. The molecule has 44 heavy (non-hydrogen) atoms. The van der Waals surface area contributed by atoms with Crippen LogP contribution in [0.4, 0.5) is 11.6 Å². The quantitative estimate of drug-likeness (QED) is 0.307. The number of rotatable bonds is 9. The van der Waals surface area contributed by atoms with E-state index < -0.39 is 0 Å². The Balaban J connectivity index is 0.992. The van der Waals surface area contributed by atoms with E-state index in [0.717, 1.165) is 60.6 Å². The summed E-state index contributed by atoms with van der Waals surface area (Å²) in [6.45, 7) is 22.2. The molecular formula is C35H44ClN7O. The standard InChI is InChI=1S/C35H44ClN7O/c1-35(2,28-20-29(36)22-31(21-28)37-3)27-4-6-33(7-5-27)44-25-30-10-14-39-34(40-30)43-18-16-42(17-19-43)32-11-15-41(24-32)23-26-8-12-38-13-9-26/h4-7,10,14,20-22,26,32,38H,8-9,11-13,15-19,23-25H2,1-2H3. The van der Waals surface area contributed by atoms with Gasteiger partial charge in [-0.15, -0.1) is 0 Å². The number of anilines is 1. The average molecular weight is 614 g/mol. The third-order valence-corrected chi connectivity index (χ3v) is 9.95. The summed E-state index contributed by atoms with van der Waals surface area (Å²) in [5, 5.41) is 4.07. The number of hydrogen-bond acceptors (Lipinski definition) is 7. The molecule has 9 heteroatoms. The Morgan fingerprint density at radius 2 is 1.75 bits per heavy atom. The largest absolute Gasteiger partial charge is 0.487 e. The van der Waals surface area contributed by atoms with Gasteiger partial charge < -0.3 is 19.9 Å². The van der Waals surface area contributed by atoms with E-state index in [-0.39, 0.29) is 5.41 Å². The number of benzene rings is 2. The van der Waals surface area contributed by atoms with Gasteiger partial charge in [-0.05, 0) is 86.3 Å². The molecular weight excluding hydrogens is 570 g/mol. The highest BCUT2D eigenvalue weighted by atomic mass is 35.5. The summed E-state index contributed by atoms with van der Waals surface area (Å²) < 4.78 is 6.13. The lowest BCUT2D eigenvalue weighted by atomic mass is 9.78. The van der Waals surface area contributed by atoms with Crippen molar-refractivity contribution in [2.45, 2.75) is 51.2 Å². The first-order valence-electron chi connectivity index (χ1n) is 16.0. The molecule has 3 aliphatic rings. The van der Waals surface area contributed by atoms with E-state index in [0.29, 0.717) is 23.4 Å². The number of halogens is 1. The number of hydrogen-bond donors (Lipinski definition) is 1. The number of ether oxygens (including phenoxy) is 1. The third-order valence-electron chi connectivity index (χ3n) is 9.73. The summed E-state index contributed by atoms with van der Waals surface area (Å²) >= 11 is 6.29. The van der Waals surface area contributed by atoms with Crippen LogP contribution in [0.3, 0.4) is 0 Å². The topological polar surface area (TPSA) is 61.1 Å². The SMILES string of the molecule is [C-]#[N+]c1cc(Cl)cc(C(C)(C)c2ccc(OCc3ccnc(N4CCN(C5CCN(CC6CCNCC6)C5)CC4)n3)cc2)c1. The molecule has 1 aromatic heterocycles. The number of likely N-dealkylation sites (tertiary alicyclic amines) is 1. The zero-order valence-electron chi connectivity index (χ0n) is 26.0. The van der Waals surface area contributed by atoms with Crippen molar-refractivity contribution in [3.05, 3.63) is 88.0 Å². The lowest BCUT2D eigenvalue weighted by Crippen LogP contribution is -2.51. The summed E-state index contributed by atoms with van der Waals surface area (Å²) in [7, 11) is 0. The highest BCUT2D eigenvalue weighted by molar-refractivity contribution is 6.31. The second-order valence-corrected chi connectivity index (χ2v) is 13.5. The van der Waals surface area contributed by atoms with Crippen molar-refractivity contribution in [3.63, 3.8) is 0 Å². The first kappa shape index (κ1) is 30.8. The van der Waals surface area contributed by atoms with Crippen molar-refractivity contribution in [1.82, 2.24) is 25.1 Å². The Hall–Kier alpha value is -3.22. The molecule has 2 aromatic carbocycles. The van der Waals surface area contributed by atoms with Crippen molar-refractivity contribution in [1.29, 1.82) is 0 Å². The fourth-order valence-electron chi connectivity index (χ4n) is 6.90. The van der Waals surface area contributed by atoms with Gasteiger partial charge in [0.25, 0.3) is 0 Å². The monoisotopic (exact) mass is 613 g/mol. The van der Waals surface area contributed by atoms with Gasteiger partial charge in [0.2, 0.25) is 5.95 Å². The summed E-state index contributed by atoms with van der Waals surface area (Å²) in [6.07, 6.45) is 5.78. The first-order chi connectivity index (χ1) is 21.4. The van der Waals surface area contributed by atoms with Crippen LogP contribution in [0.15, 0.2) is 54.7 Å². The molecule has 0 bridgehead atoms. The molecule has 0 amide bonds. The minimum atomic E-state index is -0.307. The Kier molecular flexibility index (Phi) is 9.68. The Morgan fingerprint density at radius 1 is 0.977 bits per heavy atom. The molecule has 0 radical (unpaired) electrons. The second-order valence-electron chi connectivity index (χ2n) is 13.0. The Bertz CT molecular complexity index is 1440. The zero-order valence-corrected chi connectivity index (χ0v) is 26.8. The van der Waals surface area contributed by atoms with Gasteiger partial charge in [-0.1, -0.05) is 43.6 Å². The molecule has 3 fully saturated rings. The molecule has 1 unspecified atom stereocenters. The summed E-state index contributed by atoms with van der Waals surface area (Å²) in [5.41, 5.74) is 3.25. The van der Waals surface area contributed by atoms with Crippen molar-refractivity contribution in [3.8, 4) is 5.75 Å². The first-order valence-corrected chi connectivity index (χ1v) is 16.4. The second kappa shape index (κ2) is 13.8. The van der Waals surface area contributed by atoms with E-state index in [2.05, 4.69) is 55.8 Å². The summed E-state index contributed by atoms with van der Waals surface area (Å²) in [6, 6.07) is 16.3. The maximum Gasteiger partial charge on any atom is 0.225 e. The van der Waals surface area contributed by atoms with Crippen molar-refractivity contribution in [2.75, 3.05) is 63.8 Å². The molecule has 4 heterocycles. The number of nitrogens with zero attached hydrogens (tertiary/aromatic N) is 6. The molecule has 6 rings (SSSR count). The number of aromatic nitrogens is 2. The third kappa shape index (κ3) is 7.35. The molecule has 3 aliphatic heterocycles. The van der Waals surface area contributed by atoms with E-state index in [1.807, 2.05) is 36.5 Å². The van der Waals surface area contributed by atoms with Gasteiger partial charge in [0.05, 0.1) is 12.3 Å². The fourth-order valence-corrected chi connectivity index (χ4v) is 7.13. The van der Waals surface area contributed by atoms with Crippen LogP contribution >= 0.6 is 11.6 Å². The van der Waals surface area contributed by atoms with Crippen LogP contribution in [0.2, 0.25) is 5.02 Å². The number of piperazine rings is 1. The highest BCUT2D eigenvalue weighted by Gasteiger charge is 2.31. The van der Waals surface area contributed by atoms with E-state index in [1.54, 1.807) is 6.07 Å². The van der Waals surface area contributed by atoms with Crippen LogP contribution < -0.4 is 15.0 Å². The molecule has 8 nitrogen and oxygen atoms in total. The molecule has 3 saturated heterocycles. The van der Waals surface area contributed by atoms with Gasteiger partial charge in [0, 0.05) is 61.9 Å². The fraction of sp³-hybridized carbons (Fsp3) is 0.514. The molecule has 3 aromatic rings. The molecule has 1 N–H and O–H groups in total. The van der Waals surface area contributed by atoms with Crippen molar-refractivity contribution < 1.29 is 4.74 Å². The Labute approximate surface area is 267 Å². The van der Waals surface area contributed by atoms with Crippen LogP contribution in [-0.4, -0.2) is 84.7 Å². The van der Waals surface area contributed by atoms with Crippen molar-refractivity contribution in [2.24, 2.45) is 5.92 Å². The Morgan fingerprint density at radius 3 is 2.50 bits per heavy atom. The summed E-state index contributed by atoms with van der Waals surface area (Å²) in [5.74, 6) is 2.45. The van der Waals surface area contributed by atoms with E-state index in [9.17, 15) is 0 Å². The maximum absolute atomic E-state index is 7.38. The van der Waals surface area contributed by atoms with E-state index in [1.165, 1.54) is 52.0 Å². The van der Waals surface area contributed by atoms with Gasteiger partial charge in [0.15, 0.2) is 5.69 Å². The lowest BCUT2D eigenvalue weighted by molar-refractivity contribution is 0.172. The highest BCUT2D eigenvalue weighted by Crippen LogP contribution is 2.36.